The molecule has 2 aromatic carbocycles. The van der Waals surface area contributed by atoms with Crippen LogP contribution in [0.5, 0.6) is 0 Å². The van der Waals surface area contributed by atoms with Crippen LogP contribution in [-0.2, 0) is 23.9 Å². The molecule has 1 fully saturated rings. The maximum absolute atomic E-state index is 13.3. The Hall–Kier alpha value is -1.92. The van der Waals surface area contributed by atoms with Crippen molar-refractivity contribution in [3.05, 3.63) is 70.5 Å². The minimum absolute atomic E-state index is 0.125. The largest absolute Gasteiger partial charge is 0.421 e. The van der Waals surface area contributed by atoms with Crippen LogP contribution < -0.4 is 5.32 Å². The summed E-state index contributed by atoms with van der Waals surface area (Å²) in [7, 11) is 0. The zero-order valence-electron chi connectivity index (χ0n) is 15.6. The monoisotopic (exact) mass is 393 g/mol. The van der Waals surface area contributed by atoms with Crippen LogP contribution in [0, 0.1) is 5.82 Å². The number of alkyl halides is 3. The summed E-state index contributed by atoms with van der Waals surface area (Å²) >= 11 is 0. The Bertz CT molecular complexity index is 875. The van der Waals surface area contributed by atoms with Gasteiger partial charge in [-0.3, -0.25) is 0 Å². The molecule has 150 valence electrons. The van der Waals surface area contributed by atoms with Gasteiger partial charge in [0.2, 0.25) is 0 Å². The summed E-state index contributed by atoms with van der Waals surface area (Å²) in [6.07, 6.45) is -1.67. The Morgan fingerprint density at radius 2 is 1.86 bits per heavy atom. The van der Waals surface area contributed by atoms with Gasteiger partial charge in [0.15, 0.2) is 5.60 Å². The van der Waals surface area contributed by atoms with Crippen molar-refractivity contribution in [3.8, 4) is 0 Å². The number of aryl methyl sites for hydroxylation is 1. The van der Waals surface area contributed by atoms with Crippen molar-refractivity contribution in [2.24, 2.45) is 0 Å². The molecule has 28 heavy (non-hydrogen) atoms. The smallest absolute Gasteiger partial charge is 0.376 e. The second-order valence-corrected chi connectivity index (χ2v) is 8.20. The molecule has 2 aromatic rings. The molecule has 1 aliphatic carbocycles. The third kappa shape index (κ3) is 3.03. The maximum atomic E-state index is 13.3. The van der Waals surface area contributed by atoms with Crippen molar-refractivity contribution >= 4 is 0 Å². The second kappa shape index (κ2) is 6.56. The normalized spacial score (nSPS) is 26.4. The van der Waals surface area contributed by atoms with Crippen LogP contribution in [0.25, 0.3) is 0 Å². The van der Waals surface area contributed by atoms with Gasteiger partial charge in [0.25, 0.3) is 0 Å². The van der Waals surface area contributed by atoms with E-state index in [2.05, 4.69) is 5.32 Å². The van der Waals surface area contributed by atoms with Gasteiger partial charge in [0.05, 0.1) is 0 Å². The number of nitrogens with one attached hydrogen (secondary N) is 1. The maximum Gasteiger partial charge on any atom is 0.421 e. The third-order valence-electron chi connectivity index (χ3n) is 6.52. The lowest BCUT2D eigenvalue weighted by molar-refractivity contribution is -0.258. The molecular weight excluding hydrogens is 370 g/mol. The molecule has 0 aromatic heterocycles. The predicted molar refractivity (Wildman–Crippen MR) is 98.6 cm³/mol. The van der Waals surface area contributed by atoms with Gasteiger partial charge < -0.3 is 10.4 Å². The Morgan fingerprint density at radius 3 is 2.54 bits per heavy atom. The first-order valence-corrected chi connectivity index (χ1v) is 9.54. The highest BCUT2D eigenvalue weighted by Gasteiger charge is 2.52. The van der Waals surface area contributed by atoms with Crippen LogP contribution in [0.4, 0.5) is 17.6 Å². The SMILES string of the molecule is CC(O)(c1ccc2c(c1)CC[C@H]1NCC[C@@]21Cc1ccc(F)cc1)C(F)(F)F. The van der Waals surface area contributed by atoms with Crippen molar-refractivity contribution < 1.29 is 22.7 Å². The van der Waals surface area contributed by atoms with E-state index in [1.54, 1.807) is 18.2 Å². The van der Waals surface area contributed by atoms with Crippen LogP contribution in [0.15, 0.2) is 42.5 Å². The number of hydrogen-bond donors (Lipinski definition) is 2. The van der Waals surface area contributed by atoms with Gasteiger partial charge in [0, 0.05) is 11.5 Å². The van der Waals surface area contributed by atoms with Crippen LogP contribution in [-0.4, -0.2) is 23.9 Å². The van der Waals surface area contributed by atoms with E-state index >= 15 is 0 Å². The molecule has 0 amide bonds. The van der Waals surface area contributed by atoms with Crippen molar-refractivity contribution in [1.82, 2.24) is 5.32 Å². The summed E-state index contributed by atoms with van der Waals surface area (Å²) in [5, 5.41) is 13.6. The fourth-order valence-electron chi connectivity index (χ4n) is 4.87. The summed E-state index contributed by atoms with van der Waals surface area (Å²) in [6, 6.07) is 11.3. The predicted octanol–water partition coefficient (Wildman–Crippen LogP) is 4.38. The molecule has 1 aliphatic heterocycles. The molecule has 2 nitrogen and oxygen atoms in total. The molecule has 1 heterocycles. The number of halogens is 4. The number of aliphatic hydroxyl groups is 1. The molecule has 6 heteroatoms. The summed E-state index contributed by atoms with van der Waals surface area (Å²) in [4.78, 5) is 0. The first-order valence-electron chi connectivity index (χ1n) is 9.54. The van der Waals surface area contributed by atoms with E-state index in [0.29, 0.717) is 12.8 Å². The summed E-state index contributed by atoms with van der Waals surface area (Å²) in [5.74, 6) is -0.287. The topological polar surface area (TPSA) is 32.3 Å². The van der Waals surface area contributed by atoms with Crippen LogP contribution >= 0.6 is 0 Å². The standard InChI is InChI=1S/C22H23F4NO/c1-20(28,22(24,25)26)16-5-8-18-15(12-16)4-9-19-21(18,10-11-27-19)13-14-2-6-17(23)7-3-14/h2-3,5-8,12,19,27-28H,4,9-11,13H2,1H3/t19-,20?,21-/m1/s1. The van der Waals surface area contributed by atoms with Crippen molar-refractivity contribution in [3.63, 3.8) is 0 Å². The van der Waals surface area contributed by atoms with Gasteiger partial charge in [-0.25, -0.2) is 4.39 Å². The highest BCUT2D eigenvalue weighted by molar-refractivity contribution is 5.45. The highest BCUT2D eigenvalue weighted by atomic mass is 19.4. The molecule has 0 saturated carbocycles. The Balaban J connectivity index is 1.76. The zero-order chi connectivity index (χ0) is 20.2. The van der Waals surface area contributed by atoms with Crippen LogP contribution in [0.3, 0.4) is 0 Å². The number of rotatable bonds is 3. The van der Waals surface area contributed by atoms with E-state index < -0.39 is 11.8 Å². The second-order valence-electron chi connectivity index (χ2n) is 8.20. The molecule has 0 spiro atoms. The Kier molecular flexibility index (Phi) is 4.55. The molecule has 3 atom stereocenters. The van der Waals surface area contributed by atoms with Gasteiger partial charge >= 0.3 is 6.18 Å². The number of fused-ring (bicyclic) bond motifs is 3. The molecule has 2 aliphatic rings. The average Bonchev–Trinajstić information content (AvgIpc) is 3.06. The van der Waals surface area contributed by atoms with Gasteiger partial charge in [-0.15, -0.1) is 0 Å². The summed E-state index contributed by atoms with van der Waals surface area (Å²) in [5.41, 5.74) is -0.316. The minimum Gasteiger partial charge on any atom is -0.376 e. The van der Waals surface area contributed by atoms with Gasteiger partial charge in [-0.1, -0.05) is 30.3 Å². The fourth-order valence-corrected chi connectivity index (χ4v) is 4.87. The molecule has 0 bridgehead atoms. The Morgan fingerprint density at radius 1 is 1.14 bits per heavy atom. The van der Waals surface area contributed by atoms with E-state index in [4.69, 9.17) is 0 Å². The van der Waals surface area contributed by atoms with Crippen LogP contribution in [0.2, 0.25) is 0 Å². The van der Waals surface area contributed by atoms with Crippen molar-refractivity contribution in [2.75, 3.05) is 6.54 Å². The van der Waals surface area contributed by atoms with E-state index in [1.807, 2.05) is 0 Å². The first kappa shape index (κ1) is 19.4. The van der Waals surface area contributed by atoms with Gasteiger partial charge in [0.1, 0.15) is 5.82 Å². The molecule has 0 radical (unpaired) electrons. The van der Waals surface area contributed by atoms with Gasteiger partial charge in [-0.2, -0.15) is 13.2 Å². The zero-order valence-corrected chi connectivity index (χ0v) is 15.6. The van der Waals surface area contributed by atoms with E-state index in [0.717, 1.165) is 43.0 Å². The quantitative estimate of drug-likeness (QED) is 0.759. The molecule has 1 unspecified atom stereocenters. The highest BCUT2D eigenvalue weighted by Crippen LogP contribution is 2.47. The Labute approximate surface area is 161 Å². The lowest BCUT2D eigenvalue weighted by Gasteiger charge is -2.42. The number of benzene rings is 2. The molecule has 4 rings (SSSR count). The first-order chi connectivity index (χ1) is 13.1. The van der Waals surface area contributed by atoms with E-state index in [-0.39, 0.29) is 22.8 Å². The summed E-state index contributed by atoms with van der Waals surface area (Å²) in [6.45, 7) is 1.64. The molecule has 2 N–H and O–H groups in total. The lowest BCUT2D eigenvalue weighted by Crippen LogP contribution is -2.46. The van der Waals surface area contributed by atoms with E-state index in [9.17, 15) is 22.7 Å². The van der Waals surface area contributed by atoms with Gasteiger partial charge in [-0.05, 0) is 73.5 Å². The van der Waals surface area contributed by atoms with Crippen molar-refractivity contribution in [1.29, 1.82) is 0 Å². The number of hydrogen-bond acceptors (Lipinski definition) is 2. The lowest BCUT2D eigenvalue weighted by atomic mass is 9.63. The summed E-state index contributed by atoms with van der Waals surface area (Å²) < 4.78 is 53.1. The molecule has 1 saturated heterocycles. The fraction of sp³-hybridized carbons (Fsp3) is 0.455. The van der Waals surface area contributed by atoms with Crippen molar-refractivity contribution in [2.45, 2.75) is 55.8 Å². The van der Waals surface area contributed by atoms with Crippen LogP contribution in [0.1, 0.15) is 42.0 Å². The average molecular weight is 393 g/mol. The van der Waals surface area contributed by atoms with E-state index in [1.165, 1.54) is 24.3 Å². The minimum atomic E-state index is -4.74. The third-order valence-corrected chi connectivity index (χ3v) is 6.52. The molecular formula is C22H23F4NO.